The van der Waals surface area contributed by atoms with Gasteiger partial charge in [-0.1, -0.05) is 0 Å². The van der Waals surface area contributed by atoms with Gasteiger partial charge in [0, 0.05) is 24.8 Å². The Bertz CT molecular complexity index is 649. The molecule has 21 heavy (non-hydrogen) atoms. The maximum Gasteiger partial charge on any atom is 0.394 e. The van der Waals surface area contributed by atoms with Crippen molar-refractivity contribution in [3.63, 3.8) is 0 Å². The van der Waals surface area contributed by atoms with Crippen molar-refractivity contribution in [1.82, 2.24) is 9.97 Å². The summed E-state index contributed by atoms with van der Waals surface area (Å²) < 4.78 is 31.6. The summed E-state index contributed by atoms with van der Waals surface area (Å²) in [6, 6.07) is 10.6. The summed E-state index contributed by atoms with van der Waals surface area (Å²) in [5.74, 6) is 0. The van der Waals surface area contributed by atoms with Gasteiger partial charge in [-0.3, -0.25) is 19.1 Å². The Labute approximate surface area is 121 Å². The van der Waals surface area contributed by atoms with Crippen molar-refractivity contribution < 1.29 is 17.5 Å². The molecule has 108 valence electrons. The van der Waals surface area contributed by atoms with Crippen LogP contribution in [0, 0.1) is 22.7 Å². The zero-order valence-corrected chi connectivity index (χ0v) is 11.3. The minimum Gasteiger partial charge on any atom is -0.265 e. The summed E-state index contributed by atoms with van der Waals surface area (Å²) in [4.78, 5) is 7.48. The van der Waals surface area contributed by atoms with Crippen LogP contribution in [0.4, 0.5) is 0 Å². The number of pyridine rings is 2. The molecule has 0 amide bonds. The molecule has 0 unspecified atom stereocenters. The van der Waals surface area contributed by atoms with Crippen LogP contribution in [0.15, 0.2) is 49.1 Å². The van der Waals surface area contributed by atoms with Gasteiger partial charge in [0.1, 0.15) is 0 Å². The lowest BCUT2D eigenvalue weighted by atomic mass is 10.3. The lowest BCUT2D eigenvalue weighted by Crippen LogP contribution is -1.89. The minimum atomic E-state index is -4.67. The lowest BCUT2D eigenvalue weighted by molar-refractivity contribution is 0.381. The van der Waals surface area contributed by atoms with E-state index in [9.17, 15) is 0 Å². The highest BCUT2D eigenvalue weighted by Gasteiger charge is 1.84. The normalized spacial score (nSPS) is 8.76. The molecule has 2 N–H and O–H groups in total. The Morgan fingerprint density at radius 3 is 1.19 bits per heavy atom. The molecule has 2 heterocycles. The number of hydrogen-bond donors (Lipinski definition) is 2. The van der Waals surface area contributed by atoms with Crippen LogP contribution < -0.4 is 0 Å². The number of hydrogen-bond acceptors (Lipinski definition) is 6. The summed E-state index contributed by atoms with van der Waals surface area (Å²) >= 11 is 0. The van der Waals surface area contributed by atoms with Gasteiger partial charge >= 0.3 is 10.4 Å². The first kappa shape index (κ1) is 18.1. The lowest BCUT2D eigenvalue weighted by Gasteiger charge is -1.79. The Hall–Kier alpha value is -2.85. The summed E-state index contributed by atoms with van der Waals surface area (Å²) in [7, 11) is -4.67. The maximum atomic E-state index is 8.74. The standard InChI is InChI=1S/2C6H4N2.H2O4S/c2*7-5-6-1-3-8-4-2-6;1-5(2,3)4/h2*1-4H;(H2,1,2,3,4). The molecule has 2 rings (SSSR count). The number of rotatable bonds is 0. The first-order valence-electron chi connectivity index (χ1n) is 5.17. The molecule has 8 nitrogen and oxygen atoms in total. The molecule has 9 heteroatoms. The molecular formula is C12H10N4O4S. The van der Waals surface area contributed by atoms with Crippen LogP contribution in [0.25, 0.3) is 0 Å². The Kier molecular flexibility index (Phi) is 8.64. The van der Waals surface area contributed by atoms with Crippen LogP contribution >= 0.6 is 0 Å². The molecule has 0 fully saturated rings. The van der Waals surface area contributed by atoms with Crippen molar-refractivity contribution in [3.8, 4) is 12.1 Å². The van der Waals surface area contributed by atoms with Crippen molar-refractivity contribution in [1.29, 1.82) is 10.5 Å². The monoisotopic (exact) mass is 306 g/mol. The Morgan fingerprint density at radius 2 is 1.05 bits per heavy atom. The smallest absolute Gasteiger partial charge is 0.265 e. The van der Waals surface area contributed by atoms with Gasteiger partial charge in [0.15, 0.2) is 0 Å². The van der Waals surface area contributed by atoms with Crippen LogP contribution in [-0.4, -0.2) is 27.5 Å². The third kappa shape index (κ3) is 13.4. The molecule has 2 aromatic rings. The second-order valence-electron chi connectivity index (χ2n) is 3.14. The van der Waals surface area contributed by atoms with E-state index in [1.165, 1.54) is 0 Å². The van der Waals surface area contributed by atoms with Crippen molar-refractivity contribution >= 4 is 10.4 Å². The molecule has 2 aromatic heterocycles. The predicted molar refractivity (Wildman–Crippen MR) is 72.1 cm³/mol. The van der Waals surface area contributed by atoms with Crippen molar-refractivity contribution in [2.24, 2.45) is 0 Å². The van der Waals surface area contributed by atoms with Crippen LogP contribution in [0.5, 0.6) is 0 Å². The van der Waals surface area contributed by atoms with Crippen molar-refractivity contribution in [2.45, 2.75) is 0 Å². The number of nitriles is 2. The SMILES string of the molecule is N#Cc1ccncc1.N#Cc1ccncc1.O=S(=O)(O)O. The van der Waals surface area contributed by atoms with E-state index in [-0.39, 0.29) is 0 Å². The predicted octanol–water partition coefficient (Wildman–Crippen LogP) is 1.25. The maximum absolute atomic E-state index is 8.74. The van der Waals surface area contributed by atoms with E-state index < -0.39 is 10.4 Å². The zero-order chi connectivity index (χ0) is 16.1. The molecule has 0 radical (unpaired) electrons. The van der Waals surface area contributed by atoms with Crippen LogP contribution in [0.3, 0.4) is 0 Å². The zero-order valence-electron chi connectivity index (χ0n) is 10.5. The van der Waals surface area contributed by atoms with E-state index in [1.54, 1.807) is 49.1 Å². The molecular weight excluding hydrogens is 296 g/mol. The van der Waals surface area contributed by atoms with Gasteiger partial charge in [-0.2, -0.15) is 18.9 Å². The van der Waals surface area contributed by atoms with Crippen LogP contribution in [0.2, 0.25) is 0 Å². The first-order valence-corrected chi connectivity index (χ1v) is 6.56. The Balaban J connectivity index is 0.000000296. The second kappa shape index (κ2) is 10.00. The second-order valence-corrected chi connectivity index (χ2v) is 4.04. The summed E-state index contributed by atoms with van der Waals surface area (Å²) in [5.41, 5.74) is 1.31. The largest absolute Gasteiger partial charge is 0.394 e. The topological polar surface area (TPSA) is 148 Å². The fourth-order valence-electron chi connectivity index (χ4n) is 0.853. The molecule has 0 saturated heterocycles. The molecule has 0 aromatic carbocycles. The van der Waals surface area contributed by atoms with E-state index in [4.69, 9.17) is 28.0 Å². The molecule has 0 aliphatic heterocycles. The summed E-state index contributed by atoms with van der Waals surface area (Å²) in [5, 5.41) is 16.5. The highest BCUT2D eigenvalue weighted by molar-refractivity contribution is 7.79. The molecule has 0 aliphatic rings. The van der Waals surface area contributed by atoms with Crippen LogP contribution in [0.1, 0.15) is 11.1 Å². The highest BCUT2D eigenvalue weighted by Crippen LogP contribution is 1.90. The van der Waals surface area contributed by atoms with E-state index in [0.717, 1.165) is 0 Å². The number of aromatic nitrogens is 2. The summed E-state index contributed by atoms with van der Waals surface area (Å²) in [6.07, 6.45) is 6.38. The van der Waals surface area contributed by atoms with Gasteiger partial charge in [0.25, 0.3) is 0 Å². The minimum absolute atomic E-state index is 0.653. The van der Waals surface area contributed by atoms with Gasteiger partial charge < -0.3 is 0 Å². The first-order chi connectivity index (χ1) is 9.86. The van der Waals surface area contributed by atoms with Crippen molar-refractivity contribution in [2.75, 3.05) is 0 Å². The Morgan fingerprint density at radius 1 is 0.810 bits per heavy atom. The molecule has 0 bridgehead atoms. The summed E-state index contributed by atoms with van der Waals surface area (Å²) in [6.45, 7) is 0. The molecule has 0 spiro atoms. The fraction of sp³-hybridized carbons (Fsp3) is 0. The van der Waals surface area contributed by atoms with Gasteiger partial charge in [-0.25, -0.2) is 0 Å². The van der Waals surface area contributed by atoms with E-state index in [2.05, 4.69) is 9.97 Å². The van der Waals surface area contributed by atoms with Gasteiger partial charge in [-0.15, -0.1) is 0 Å². The van der Waals surface area contributed by atoms with Gasteiger partial charge in [0.05, 0.1) is 23.3 Å². The average molecular weight is 306 g/mol. The molecule has 0 atom stereocenters. The third-order valence-electron chi connectivity index (χ3n) is 1.62. The van der Waals surface area contributed by atoms with Gasteiger partial charge in [-0.05, 0) is 24.3 Å². The van der Waals surface area contributed by atoms with E-state index in [1.807, 2.05) is 12.1 Å². The van der Waals surface area contributed by atoms with Crippen LogP contribution in [-0.2, 0) is 10.4 Å². The van der Waals surface area contributed by atoms with Gasteiger partial charge in [0.2, 0.25) is 0 Å². The third-order valence-corrected chi connectivity index (χ3v) is 1.62. The quantitative estimate of drug-likeness (QED) is 0.691. The highest BCUT2D eigenvalue weighted by atomic mass is 32.3. The molecule has 0 aliphatic carbocycles. The number of nitrogens with zero attached hydrogens (tertiary/aromatic N) is 4. The van der Waals surface area contributed by atoms with E-state index in [0.29, 0.717) is 11.1 Å². The fourth-order valence-corrected chi connectivity index (χ4v) is 0.853. The average Bonchev–Trinajstić information content (AvgIpc) is 2.48. The van der Waals surface area contributed by atoms with E-state index >= 15 is 0 Å². The molecule has 0 saturated carbocycles. The van der Waals surface area contributed by atoms with Crippen molar-refractivity contribution in [3.05, 3.63) is 60.2 Å².